The van der Waals surface area contributed by atoms with Crippen LogP contribution in [0.4, 0.5) is 0 Å². The number of hydrogen-bond acceptors (Lipinski definition) is 23. The summed E-state index contributed by atoms with van der Waals surface area (Å²) in [5.41, 5.74) is 11.5. The van der Waals surface area contributed by atoms with Crippen LogP contribution in [0.5, 0.6) is 69.0 Å². The van der Waals surface area contributed by atoms with Crippen molar-refractivity contribution in [2.75, 3.05) is 34.8 Å². The molecule has 0 atom stereocenters. The van der Waals surface area contributed by atoms with Crippen molar-refractivity contribution in [3.8, 4) is 154 Å². The van der Waals surface area contributed by atoms with Gasteiger partial charge in [0.05, 0.1) is 38.5 Å². The van der Waals surface area contributed by atoms with E-state index in [1.807, 2.05) is 105 Å². The molecule has 7 aromatic heterocycles. The zero-order chi connectivity index (χ0) is 85.7. The summed E-state index contributed by atoms with van der Waals surface area (Å²) in [7, 11) is 6.64. The largest absolute Gasteiger partial charge is 0.508 e. The van der Waals surface area contributed by atoms with Crippen LogP contribution in [0.25, 0.3) is 145 Å². The molecule has 0 amide bonds. The third-order valence-corrected chi connectivity index (χ3v) is 19.9. The lowest BCUT2D eigenvalue weighted by Gasteiger charge is -2.03. The highest BCUT2D eigenvalue weighted by Crippen LogP contribution is 2.43. The van der Waals surface area contributed by atoms with Crippen LogP contribution < -0.4 is 18.9 Å². The normalized spacial score (nSPS) is 10.7. The number of fused-ring (bicyclic) bond motifs is 6. The molecule has 26 heteroatoms. The molecule has 121 heavy (non-hydrogen) atoms. The molecule has 0 aliphatic carbocycles. The Balaban J connectivity index is 0.000000125. The molecule has 12 aromatic carbocycles. The Morgan fingerprint density at radius 1 is 0.388 bits per heavy atom. The fourth-order valence-electron chi connectivity index (χ4n) is 12.9. The molecule has 0 saturated carbocycles. The van der Waals surface area contributed by atoms with E-state index in [-0.39, 0.29) is 68.6 Å². The summed E-state index contributed by atoms with van der Waals surface area (Å²) >= 11 is 8.18. The van der Waals surface area contributed by atoms with Gasteiger partial charge in [-0.25, -0.2) is 4.79 Å². The van der Waals surface area contributed by atoms with Gasteiger partial charge in [0.25, 0.3) is 5.89 Å². The van der Waals surface area contributed by atoms with Gasteiger partial charge in [0, 0.05) is 83.2 Å². The average molecular weight is 1710 g/mol. The Kier molecular flexibility index (Phi) is 25.5. The van der Waals surface area contributed by atoms with Crippen LogP contribution in [0.15, 0.2) is 297 Å². The smallest absolute Gasteiger partial charge is 0.339 e. The lowest BCUT2D eigenvalue weighted by atomic mass is 10.1. The Morgan fingerprint density at radius 3 is 1.17 bits per heavy atom. The molecule has 7 heterocycles. The Bertz CT molecular complexity index is 6750. The van der Waals surface area contributed by atoms with E-state index >= 15 is 0 Å². The number of carboxylic acid groups (broad SMARTS) is 1. The minimum absolute atomic E-state index is 0.0620. The van der Waals surface area contributed by atoms with Gasteiger partial charge in [0.2, 0.25) is 6.39 Å². The zero-order valence-corrected chi connectivity index (χ0v) is 67.7. The lowest BCUT2D eigenvalue weighted by molar-refractivity contribution is 0.0697. The van der Waals surface area contributed by atoms with Gasteiger partial charge in [-0.2, -0.15) is 5.26 Å². The summed E-state index contributed by atoms with van der Waals surface area (Å²) in [5.74, 6) is 7.34. The van der Waals surface area contributed by atoms with Gasteiger partial charge >= 0.3 is 5.97 Å². The van der Waals surface area contributed by atoms with Crippen molar-refractivity contribution in [3.05, 3.63) is 288 Å². The quantitative estimate of drug-likeness (QED) is 0.0513. The van der Waals surface area contributed by atoms with Crippen LogP contribution in [-0.4, -0.2) is 96.9 Å². The SMILES string of the molecule is CCl.COc1ccc(-c2cc3c(Br)c(OC)ccc3o2)cc1.COc1ccc(-c2cc3c(C)c(OC)ccc3o2)cc1.Cc1c(O)ccc2oc(-c3ccc(O)cc3)cc12.N#Cc1c(O)ccc2oc(-c3ccc(O)cc3)cc12.O=C(O)c1cc(O)cc2cc(-c3ccc(O)cc3)oc12.Oc1ccc(-c2cc3cc(O)cc(-c4nnco4)c3o2)cc1. The summed E-state index contributed by atoms with van der Waals surface area (Å²) in [4.78, 5) is 11.2. The van der Waals surface area contributed by atoms with E-state index in [0.29, 0.717) is 50.3 Å². The molecular weight excluding hydrogens is 1630 g/mol. The molecule has 0 unspecified atom stereocenters. The van der Waals surface area contributed by atoms with Crippen LogP contribution in [-0.2, 0) is 0 Å². The van der Waals surface area contributed by atoms with Gasteiger partial charge in [-0.05, 0) is 285 Å². The number of aromatic carboxylic acids is 1. The number of hydrogen-bond donors (Lipinski definition) is 9. The number of aryl methyl sites for hydroxylation is 2. The van der Waals surface area contributed by atoms with Crippen LogP contribution >= 0.6 is 27.5 Å². The highest BCUT2D eigenvalue weighted by molar-refractivity contribution is 9.10. The number of aromatic nitrogens is 2. The van der Waals surface area contributed by atoms with Crippen LogP contribution in [0.1, 0.15) is 27.0 Å². The molecule has 19 aromatic rings. The van der Waals surface area contributed by atoms with E-state index in [1.54, 1.807) is 156 Å². The Morgan fingerprint density at radius 2 is 0.752 bits per heavy atom. The second kappa shape index (κ2) is 37.1. The van der Waals surface area contributed by atoms with Crippen molar-refractivity contribution >= 4 is 99.3 Å². The van der Waals surface area contributed by atoms with E-state index < -0.39 is 5.97 Å². The molecule has 0 aliphatic heterocycles. The maximum absolute atomic E-state index is 11.2. The number of phenolic OH excluding ortho intramolecular Hbond substituents is 8. The molecule has 0 fully saturated rings. The van der Waals surface area contributed by atoms with Gasteiger partial charge in [-0.3, -0.25) is 0 Å². The van der Waals surface area contributed by atoms with Gasteiger partial charge in [-0.1, -0.05) is 0 Å². The first-order valence-electron chi connectivity index (χ1n) is 36.6. The third-order valence-electron chi connectivity index (χ3n) is 19.1. The number of benzene rings is 12. The number of alkyl halides is 1. The first-order valence-corrected chi connectivity index (χ1v) is 38.2. The number of halogens is 2. The Hall–Kier alpha value is -15.7. The minimum Gasteiger partial charge on any atom is -0.508 e. The molecule has 0 saturated heterocycles. The molecule has 0 radical (unpaired) electrons. The number of nitriles is 1. The first-order chi connectivity index (χ1) is 58.5. The fraction of sp³-hybridized carbons (Fsp3) is 0.0737. The van der Waals surface area contributed by atoms with Crippen molar-refractivity contribution in [1.82, 2.24) is 10.2 Å². The highest BCUT2D eigenvalue weighted by Gasteiger charge is 2.21. The number of rotatable bonds is 12. The highest BCUT2D eigenvalue weighted by atomic mass is 79.9. The van der Waals surface area contributed by atoms with Gasteiger partial charge in [-0.15, -0.1) is 21.8 Å². The van der Waals surface area contributed by atoms with Gasteiger partial charge in [0.1, 0.15) is 154 Å². The molecule has 0 spiro atoms. The first kappa shape index (κ1) is 83.3. The molecule has 19 rings (SSSR count). The summed E-state index contributed by atoms with van der Waals surface area (Å²) in [6, 6.07) is 74.9. The van der Waals surface area contributed by atoms with Crippen LogP contribution in [0, 0.1) is 25.2 Å². The third kappa shape index (κ3) is 18.8. The predicted molar refractivity (Wildman–Crippen MR) is 463 cm³/mol. The standard InChI is InChI=1S/C17H16O3.C16H13BrO3.C16H10N2O4.C15H9NO3.C15H10O5.C15H12O3.CH3Cl/c1-11-14-10-17(12-4-6-13(18-2)7-5-12)20-16(14)9-8-15(11)19-3;1-18-11-5-3-10(4-6-11)15-9-12-13(20-15)7-8-14(19-2)16(12)17;19-11-3-1-9(2-4-11)14-6-10-5-12(20)7-13(15(10)22-14)16-18-17-8-21-16;16-8-12-11-7-15(9-1-3-10(17)4-2-9)19-14(11)6-5-13(12)18;16-10-3-1-8(2-4-10)13-6-9-5-11(17)7-12(15(18)19)14(9)20-13;1-9-12-8-15(10-2-4-11(16)5-3-10)18-14(12)7-6-13(9)17;1-2/h4-10H,1-3H3;3-9H,1-2H3;1-8,19-20H;1-7,17-18H;1-7,16-17H,(H,18,19);2-8,16-17H,1H3;1H3. The van der Waals surface area contributed by atoms with E-state index in [9.17, 15) is 45.6 Å². The number of ether oxygens (including phenoxy) is 4. The van der Waals surface area contributed by atoms with Gasteiger partial charge < -0.3 is 95.8 Å². The fourth-order valence-corrected chi connectivity index (χ4v) is 13.5. The van der Waals surface area contributed by atoms with Gasteiger partial charge in [0.15, 0.2) is 0 Å². The van der Waals surface area contributed by atoms with E-state index in [2.05, 4.69) is 43.8 Å². The van der Waals surface area contributed by atoms with E-state index in [1.165, 1.54) is 43.1 Å². The number of phenols is 8. The maximum atomic E-state index is 11.2. The Labute approximate surface area is 702 Å². The molecule has 0 bridgehead atoms. The summed E-state index contributed by atoms with van der Waals surface area (Å²) in [5, 5.41) is 106. The van der Waals surface area contributed by atoms with Crippen LogP contribution in [0.2, 0.25) is 0 Å². The number of methoxy groups -OCH3 is 4. The number of furan rings is 6. The zero-order valence-electron chi connectivity index (χ0n) is 65.3. The average Bonchev–Trinajstić information content (AvgIpc) is 1.67. The molecular formula is C95H73BrClN3O21. The molecule has 0 aliphatic rings. The number of nitrogens with zero attached hydrogens (tertiary/aromatic N) is 3. The molecule has 24 nitrogen and oxygen atoms in total. The van der Waals surface area contributed by atoms with Crippen molar-refractivity contribution in [2.24, 2.45) is 0 Å². The predicted octanol–water partition coefficient (Wildman–Crippen LogP) is 24.1. The van der Waals surface area contributed by atoms with Crippen molar-refractivity contribution in [1.29, 1.82) is 5.26 Å². The lowest BCUT2D eigenvalue weighted by Crippen LogP contribution is -1.95. The molecule has 9 N–H and O–H groups in total. The van der Waals surface area contributed by atoms with Crippen molar-refractivity contribution in [2.45, 2.75) is 13.8 Å². The second-order valence-electron chi connectivity index (χ2n) is 26.6. The van der Waals surface area contributed by atoms with E-state index in [4.69, 9.17) is 60.2 Å². The summed E-state index contributed by atoms with van der Waals surface area (Å²) in [6.45, 7) is 3.89. The van der Waals surface area contributed by atoms with Crippen LogP contribution in [0.3, 0.4) is 0 Å². The maximum Gasteiger partial charge on any atom is 0.339 e. The van der Waals surface area contributed by atoms with E-state index in [0.717, 1.165) is 128 Å². The summed E-state index contributed by atoms with van der Waals surface area (Å²) < 4.78 is 61.7. The number of aromatic hydroxyl groups is 8. The van der Waals surface area contributed by atoms with Crippen molar-refractivity contribution < 1.29 is 101 Å². The summed E-state index contributed by atoms with van der Waals surface area (Å²) in [6.07, 6.45) is 2.69. The number of carbonyl (C=O) groups is 1. The number of carboxylic acids is 1. The minimum atomic E-state index is -1.17. The van der Waals surface area contributed by atoms with Crippen molar-refractivity contribution in [3.63, 3.8) is 0 Å². The molecule has 608 valence electrons. The second-order valence-corrected chi connectivity index (χ2v) is 27.4. The monoisotopic (exact) mass is 1710 g/mol. The topological polar surface area (TPSA) is 378 Å².